The molecule has 0 atom stereocenters. The van der Waals surface area contributed by atoms with Crippen molar-refractivity contribution in [1.82, 2.24) is 0 Å². The summed E-state index contributed by atoms with van der Waals surface area (Å²) < 4.78 is 0. The third-order valence-electron chi connectivity index (χ3n) is 3.62. The predicted molar refractivity (Wildman–Crippen MR) is 74.3 cm³/mol. The molecule has 1 aliphatic heterocycles. The largest absolute Gasteiger partial charge is 0.392 e. The zero-order valence-electron chi connectivity index (χ0n) is 10.6. The predicted octanol–water partition coefficient (Wildman–Crippen LogP) is 3.18. The van der Waals surface area contributed by atoms with Gasteiger partial charge in [0.15, 0.2) is 0 Å². The van der Waals surface area contributed by atoms with Gasteiger partial charge in [0.1, 0.15) is 0 Å². The summed E-state index contributed by atoms with van der Waals surface area (Å²) in [5.74, 6) is 0. The molecule has 1 heterocycles. The quantitative estimate of drug-likeness (QED) is 0.870. The van der Waals surface area contributed by atoms with E-state index >= 15 is 0 Å². The second-order valence-electron chi connectivity index (χ2n) is 4.81. The molecular weight excluding hydrogens is 222 g/mol. The minimum Gasteiger partial charge on any atom is -0.392 e. The molecule has 2 aromatic carbocycles. The summed E-state index contributed by atoms with van der Waals surface area (Å²) in [7, 11) is 0. The van der Waals surface area contributed by atoms with Crippen LogP contribution in [0, 0.1) is 6.92 Å². The molecule has 0 aliphatic carbocycles. The second kappa shape index (κ2) is 4.46. The molecule has 1 N–H and O–H groups in total. The molecular formula is C16H17NO. The van der Waals surface area contributed by atoms with Crippen LogP contribution in [0.5, 0.6) is 0 Å². The Balaban J connectivity index is 2.02. The van der Waals surface area contributed by atoms with Gasteiger partial charge >= 0.3 is 0 Å². The van der Waals surface area contributed by atoms with Gasteiger partial charge in [0.25, 0.3) is 0 Å². The van der Waals surface area contributed by atoms with E-state index in [1.807, 2.05) is 6.07 Å². The summed E-state index contributed by atoms with van der Waals surface area (Å²) >= 11 is 0. The minimum atomic E-state index is 0.109. The first-order chi connectivity index (χ1) is 8.79. The van der Waals surface area contributed by atoms with Crippen LogP contribution in [0.3, 0.4) is 0 Å². The molecule has 0 bridgehead atoms. The van der Waals surface area contributed by atoms with Gasteiger partial charge in [0, 0.05) is 17.9 Å². The van der Waals surface area contributed by atoms with Crippen LogP contribution < -0.4 is 4.90 Å². The molecule has 0 saturated carbocycles. The van der Waals surface area contributed by atoms with Gasteiger partial charge in [-0.2, -0.15) is 0 Å². The summed E-state index contributed by atoms with van der Waals surface area (Å²) in [5.41, 5.74) is 6.18. The van der Waals surface area contributed by atoms with Crippen molar-refractivity contribution in [3.05, 3.63) is 59.2 Å². The zero-order valence-corrected chi connectivity index (χ0v) is 10.6. The number of rotatable bonds is 2. The number of para-hydroxylation sites is 1. The van der Waals surface area contributed by atoms with E-state index in [1.165, 1.54) is 22.5 Å². The fraction of sp³-hybridized carbons (Fsp3) is 0.250. The van der Waals surface area contributed by atoms with Gasteiger partial charge in [0.05, 0.1) is 6.61 Å². The van der Waals surface area contributed by atoms with Gasteiger partial charge in [-0.15, -0.1) is 0 Å². The molecule has 0 aromatic heterocycles. The van der Waals surface area contributed by atoms with Crippen LogP contribution >= 0.6 is 0 Å². The van der Waals surface area contributed by atoms with Crippen LogP contribution in [0.1, 0.15) is 16.7 Å². The first-order valence-electron chi connectivity index (χ1n) is 6.35. The zero-order chi connectivity index (χ0) is 12.5. The highest BCUT2D eigenvalue weighted by Gasteiger charge is 2.20. The van der Waals surface area contributed by atoms with Gasteiger partial charge in [-0.25, -0.2) is 0 Å². The molecule has 1 aliphatic rings. The highest BCUT2D eigenvalue weighted by molar-refractivity contribution is 5.72. The highest BCUT2D eigenvalue weighted by Crippen LogP contribution is 2.36. The molecule has 0 spiro atoms. The van der Waals surface area contributed by atoms with Crippen molar-refractivity contribution in [2.24, 2.45) is 0 Å². The van der Waals surface area contributed by atoms with Crippen molar-refractivity contribution in [1.29, 1.82) is 0 Å². The number of anilines is 2. The summed E-state index contributed by atoms with van der Waals surface area (Å²) in [4.78, 5) is 2.37. The standard InChI is InChI=1S/C16H17NO/c1-12-10-13(11-18)6-7-15(12)17-9-8-14-4-2-3-5-16(14)17/h2-7,10,18H,8-9,11H2,1H3. The van der Waals surface area contributed by atoms with Gasteiger partial charge in [0.2, 0.25) is 0 Å². The van der Waals surface area contributed by atoms with Crippen molar-refractivity contribution in [2.45, 2.75) is 20.0 Å². The molecule has 0 unspecified atom stereocenters. The monoisotopic (exact) mass is 239 g/mol. The first kappa shape index (κ1) is 11.3. The van der Waals surface area contributed by atoms with Gasteiger partial charge in [-0.3, -0.25) is 0 Å². The Hall–Kier alpha value is -1.80. The smallest absolute Gasteiger partial charge is 0.0681 e. The summed E-state index contributed by atoms with van der Waals surface area (Å²) in [6, 6.07) is 14.8. The average molecular weight is 239 g/mol. The van der Waals surface area contributed by atoms with E-state index < -0.39 is 0 Å². The van der Waals surface area contributed by atoms with Crippen LogP contribution in [0.4, 0.5) is 11.4 Å². The molecule has 0 amide bonds. The number of benzene rings is 2. The number of aliphatic hydroxyl groups excluding tert-OH is 1. The molecule has 18 heavy (non-hydrogen) atoms. The Morgan fingerprint density at radius 3 is 2.72 bits per heavy atom. The van der Waals surface area contributed by atoms with E-state index in [0.29, 0.717) is 0 Å². The van der Waals surface area contributed by atoms with Gasteiger partial charge in [-0.05, 0) is 42.2 Å². The maximum atomic E-state index is 9.16. The Bertz CT molecular complexity index is 577. The van der Waals surface area contributed by atoms with E-state index in [9.17, 15) is 0 Å². The van der Waals surface area contributed by atoms with E-state index in [0.717, 1.165) is 18.5 Å². The molecule has 0 radical (unpaired) electrons. The average Bonchev–Trinajstić information content (AvgIpc) is 2.82. The van der Waals surface area contributed by atoms with Crippen LogP contribution in [0.15, 0.2) is 42.5 Å². The number of hydrogen-bond acceptors (Lipinski definition) is 2. The van der Waals surface area contributed by atoms with Crippen LogP contribution in [0.2, 0.25) is 0 Å². The second-order valence-corrected chi connectivity index (χ2v) is 4.81. The van der Waals surface area contributed by atoms with Gasteiger partial charge < -0.3 is 10.0 Å². The lowest BCUT2D eigenvalue weighted by molar-refractivity contribution is 0.282. The SMILES string of the molecule is Cc1cc(CO)ccc1N1CCc2ccccc21. The van der Waals surface area contributed by atoms with Crippen LogP contribution in [0.25, 0.3) is 0 Å². The topological polar surface area (TPSA) is 23.5 Å². The Morgan fingerprint density at radius 2 is 1.94 bits per heavy atom. The highest BCUT2D eigenvalue weighted by atomic mass is 16.3. The Labute approximate surface area is 107 Å². The normalized spacial score (nSPS) is 13.8. The van der Waals surface area contributed by atoms with Crippen LogP contribution in [-0.4, -0.2) is 11.7 Å². The molecule has 2 aromatic rings. The van der Waals surface area contributed by atoms with Gasteiger partial charge in [-0.1, -0.05) is 30.3 Å². The van der Waals surface area contributed by atoms with Crippen molar-refractivity contribution in [3.63, 3.8) is 0 Å². The number of hydrogen-bond donors (Lipinski definition) is 1. The molecule has 0 saturated heterocycles. The summed E-state index contributed by atoms with van der Waals surface area (Å²) in [6.45, 7) is 3.26. The number of nitrogens with zero attached hydrogens (tertiary/aromatic N) is 1. The minimum absolute atomic E-state index is 0.109. The third-order valence-corrected chi connectivity index (χ3v) is 3.62. The fourth-order valence-corrected chi connectivity index (χ4v) is 2.71. The van der Waals surface area contributed by atoms with E-state index in [-0.39, 0.29) is 6.61 Å². The lowest BCUT2D eigenvalue weighted by atomic mass is 10.1. The third kappa shape index (κ3) is 1.79. The molecule has 2 nitrogen and oxygen atoms in total. The Morgan fingerprint density at radius 1 is 1.11 bits per heavy atom. The summed E-state index contributed by atoms with van der Waals surface area (Å²) in [5, 5.41) is 9.16. The van der Waals surface area contributed by atoms with Crippen LogP contribution in [-0.2, 0) is 13.0 Å². The molecule has 2 heteroatoms. The van der Waals surface area contributed by atoms with E-state index in [2.05, 4.69) is 48.2 Å². The molecule has 3 rings (SSSR count). The summed E-state index contributed by atoms with van der Waals surface area (Å²) in [6.07, 6.45) is 1.11. The van der Waals surface area contributed by atoms with E-state index in [1.54, 1.807) is 0 Å². The first-order valence-corrected chi connectivity index (χ1v) is 6.35. The van der Waals surface area contributed by atoms with Crippen molar-refractivity contribution in [3.8, 4) is 0 Å². The van der Waals surface area contributed by atoms with Crippen molar-refractivity contribution < 1.29 is 5.11 Å². The molecule has 92 valence electrons. The fourth-order valence-electron chi connectivity index (χ4n) is 2.71. The lowest BCUT2D eigenvalue weighted by Gasteiger charge is -2.22. The van der Waals surface area contributed by atoms with Crippen molar-refractivity contribution >= 4 is 11.4 Å². The number of aryl methyl sites for hydroxylation is 1. The maximum absolute atomic E-state index is 9.16. The molecule has 0 fully saturated rings. The number of aliphatic hydroxyl groups is 1. The maximum Gasteiger partial charge on any atom is 0.0681 e. The van der Waals surface area contributed by atoms with E-state index in [4.69, 9.17) is 5.11 Å². The number of fused-ring (bicyclic) bond motifs is 1. The Kier molecular flexibility index (Phi) is 2.80. The van der Waals surface area contributed by atoms with Crippen molar-refractivity contribution in [2.75, 3.05) is 11.4 Å². The lowest BCUT2D eigenvalue weighted by Crippen LogP contribution is -2.14.